The van der Waals surface area contributed by atoms with E-state index in [9.17, 15) is 4.79 Å². The molecule has 1 saturated heterocycles. The van der Waals surface area contributed by atoms with Gasteiger partial charge in [-0.05, 0) is 49.8 Å². The minimum absolute atomic E-state index is 0.0803. The smallest absolute Gasteiger partial charge is 0.234 e. The minimum Gasteiger partial charge on any atom is -0.381 e. The van der Waals surface area contributed by atoms with Gasteiger partial charge in [0, 0.05) is 17.1 Å². The second kappa shape index (κ2) is 5.15. The van der Waals surface area contributed by atoms with E-state index >= 15 is 0 Å². The Kier molecular flexibility index (Phi) is 3.63. The zero-order valence-electron chi connectivity index (χ0n) is 11.9. The third-order valence-corrected chi connectivity index (χ3v) is 5.74. The summed E-state index contributed by atoms with van der Waals surface area (Å²) in [6.45, 7) is 5.65. The molecule has 1 fully saturated rings. The van der Waals surface area contributed by atoms with Crippen LogP contribution in [0.25, 0.3) is 0 Å². The van der Waals surface area contributed by atoms with E-state index in [2.05, 4.69) is 33.4 Å². The Hall–Kier alpha value is -0.870. The fourth-order valence-electron chi connectivity index (χ4n) is 3.03. The number of hydrogen-bond acceptors (Lipinski definition) is 2. The quantitative estimate of drug-likeness (QED) is 0.834. The van der Waals surface area contributed by atoms with Gasteiger partial charge in [-0.15, -0.1) is 0 Å². The predicted octanol–water partition coefficient (Wildman–Crippen LogP) is 3.78. The largest absolute Gasteiger partial charge is 0.381 e. The van der Waals surface area contributed by atoms with Crippen molar-refractivity contribution in [2.45, 2.75) is 36.9 Å². The average Bonchev–Trinajstić information content (AvgIpc) is 2.69. The van der Waals surface area contributed by atoms with Gasteiger partial charge >= 0.3 is 0 Å². The molecule has 0 bridgehead atoms. The van der Waals surface area contributed by atoms with Crippen LogP contribution >= 0.6 is 15.9 Å². The number of ether oxygens (including phenoxy) is 1. The molecule has 4 heteroatoms. The molecule has 2 unspecified atom stereocenters. The number of rotatable bonds is 2. The Balaban J connectivity index is 1.89. The number of anilines is 1. The number of carbonyl (C=O) groups excluding carboxylic acids is 1. The van der Waals surface area contributed by atoms with E-state index in [1.54, 1.807) is 0 Å². The van der Waals surface area contributed by atoms with E-state index in [1.165, 1.54) is 12.0 Å². The Labute approximate surface area is 128 Å². The van der Waals surface area contributed by atoms with Crippen molar-refractivity contribution in [3.63, 3.8) is 0 Å². The van der Waals surface area contributed by atoms with Crippen LogP contribution in [-0.2, 0) is 14.9 Å². The van der Waals surface area contributed by atoms with E-state index in [4.69, 9.17) is 4.74 Å². The number of halogens is 1. The van der Waals surface area contributed by atoms with Gasteiger partial charge in [0.25, 0.3) is 0 Å². The molecular weight excluding hydrogens is 318 g/mol. The summed E-state index contributed by atoms with van der Waals surface area (Å²) in [4.78, 5) is 12.3. The van der Waals surface area contributed by atoms with Gasteiger partial charge in [0.05, 0.1) is 12.0 Å². The summed E-state index contributed by atoms with van der Waals surface area (Å²) >= 11 is 3.82. The lowest BCUT2D eigenvalue weighted by Crippen LogP contribution is -2.27. The number of alkyl halides is 1. The number of nitrogens with one attached hydrogen (secondary N) is 1. The fraction of sp³-hybridized carbons (Fsp3) is 0.562. The maximum absolute atomic E-state index is 12.0. The second-order valence-corrected chi connectivity index (χ2v) is 7.25. The molecule has 1 N–H and O–H groups in total. The summed E-state index contributed by atoms with van der Waals surface area (Å²) in [5, 5.41) is 2.95. The average molecular weight is 338 g/mol. The summed E-state index contributed by atoms with van der Waals surface area (Å²) in [5.74, 6) is 0.590. The molecule has 2 atom stereocenters. The summed E-state index contributed by atoms with van der Waals surface area (Å²) < 4.78 is 5.58. The second-order valence-electron chi connectivity index (χ2n) is 6.26. The molecule has 0 radical (unpaired) electrons. The zero-order valence-corrected chi connectivity index (χ0v) is 13.5. The molecule has 3 nitrogen and oxygen atoms in total. The molecule has 1 amide bonds. The predicted molar refractivity (Wildman–Crippen MR) is 83.3 cm³/mol. The molecule has 1 aromatic carbocycles. The lowest BCUT2D eigenvalue weighted by atomic mass is 9.84. The number of benzene rings is 1. The van der Waals surface area contributed by atoms with Crippen molar-refractivity contribution in [1.29, 1.82) is 0 Å². The van der Waals surface area contributed by atoms with Crippen molar-refractivity contribution in [3.05, 3.63) is 29.3 Å². The molecule has 0 spiro atoms. The SMILES string of the molecule is CC1(C)C(=O)Nc2ccc(C(Br)C3CCCOC3)cc21. The van der Waals surface area contributed by atoms with E-state index in [0.29, 0.717) is 10.7 Å². The van der Waals surface area contributed by atoms with Crippen LogP contribution in [0.2, 0.25) is 0 Å². The van der Waals surface area contributed by atoms with Gasteiger partial charge in [0.1, 0.15) is 0 Å². The first kappa shape index (κ1) is 14.1. The molecular formula is C16H20BrNO2. The van der Waals surface area contributed by atoms with E-state index in [1.807, 2.05) is 19.9 Å². The Morgan fingerprint density at radius 1 is 1.45 bits per heavy atom. The van der Waals surface area contributed by atoms with Gasteiger partial charge in [0.2, 0.25) is 5.91 Å². The van der Waals surface area contributed by atoms with E-state index in [-0.39, 0.29) is 5.91 Å². The maximum atomic E-state index is 12.0. The van der Waals surface area contributed by atoms with Crippen LogP contribution in [0.4, 0.5) is 5.69 Å². The van der Waals surface area contributed by atoms with Crippen molar-refractivity contribution in [3.8, 4) is 0 Å². The third kappa shape index (κ3) is 2.29. The first-order valence-corrected chi connectivity index (χ1v) is 8.09. The van der Waals surface area contributed by atoms with Crippen LogP contribution in [0.15, 0.2) is 18.2 Å². The van der Waals surface area contributed by atoms with Crippen LogP contribution in [0.1, 0.15) is 42.6 Å². The Bertz CT molecular complexity index is 535. The molecule has 2 heterocycles. The molecule has 0 aliphatic carbocycles. The van der Waals surface area contributed by atoms with Gasteiger partial charge < -0.3 is 10.1 Å². The molecule has 3 rings (SSSR count). The van der Waals surface area contributed by atoms with Crippen LogP contribution in [0, 0.1) is 5.92 Å². The molecule has 2 aliphatic heterocycles. The number of carbonyl (C=O) groups is 1. The highest BCUT2D eigenvalue weighted by atomic mass is 79.9. The minimum atomic E-state index is -0.443. The number of hydrogen-bond donors (Lipinski definition) is 1. The summed E-state index contributed by atoms with van der Waals surface area (Å²) in [6, 6.07) is 6.30. The standard InChI is InChI=1S/C16H20BrNO2/c1-16(2)12-8-10(5-6-13(12)18-15(16)19)14(17)11-4-3-7-20-9-11/h5-6,8,11,14H,3-4,7,9H2,1-2H3,(H,18,19). The first-order chi connectivity index (χ1) is 9.50. The highest BCUT2D eigenvalue weighted by Crippen LogP contribution is 2.42. The van der Waals surface area contributed by atoms with Crippen LogP contribution in [0.5, 0.6) is 0 Å². The van der Waals surface area contributed by atoms with Crippen LogP contribution in [0.3, 0.4) is 0 Å². The van der Waals surface area contributed by atoms with Gasteiger partial charge in [-0.2, -0.15) is 0 Å². The van der Waals surface area contributed by atoms with Crippen molar-refractivity contribution in [2.75, 3.05) is 18.5 Å². The Morgan fingerprint density at radius 3 is 2.95 bits per heavy atom. The van der Waals surface area contributed by atoms with Crippen molar-refractivity contribution < 1.29 is 9.53 Å². The van der Waals surface area contributed by atoms with Crippen molar-refractivity contribution >= 4 is 27.5 Å². The van der Waals surface area contributed by atoms with Crippen LogP contribution < -0.4 is 5.32 Å². The van der Waals surface area contributed by atoms with Gasteiger partial charge in [0.15, 0.2) is 0 Å². The monoisotopic (exact) mass is 337 g/mol. The number of amides is 1. The zero-order chi connectivity index (χ0) is 14.3. The molecule has 0 aromatic heterocycles. The third-order valence-electron chi connectivity index (χ3n) is 4.46. The molecule has 0 saturated carbocycles. The van der Waals surface area contributed by atoms with Gasteiger partial charge in [-0.3, -0.25) is 4.79 Å². The highest BCUT2D eigenvalue weighted by Gasteiger charge is 2.38. The lowest BCUT2D eigenvalue weighted by molar-refractivity contribution is -0.119. The molecule has 108 valence electrons. The molecule has 1 aromatic rings. The summed E-state index contributed by atoms with van der Waals surface area (Å²) in [6.07, 6.45) is 2.32. The normalized spacial score (nSPS) is 25.9. The maximum Gasteiger partial charge on any atom is 0.234 e. The van der Waals surface area contributed by atoms with Crippen molar-refractivity contribution in [2.24, 2.45) is 5.92 Å². The van der Waals surface area contributed by atoms with E-state index < -0.39 is 5.41 Å². The summed E-state index contributed by atoms with van der Waals surface area (Å²) in [7, 11) is 0. The Morgan fingerprint density at radius 2 is 2.25 bits per heavy atom. The van der Waals surface area contributed by atoms with Crippen molar-refractivity contribution in [1.82, 2.24) is 0 Å². The summed E-state index contributed by atoms with van der Waals surface area (Å²) in [5.41, 5.74) is 2.84. The molecule has 2 aliphatic rings. The first-order valence-electron chi connectivity index (χ1n) is 7.18. The molecule has 20 heavy (non-hydrogen) atoms. The highest BCUT2D eigenvalue weighted by molar-refractivity contribution is 9.09. The fourth-order valence-corrected chi connectivity index (χ4v) is 3.73. The number of fused-ring (bicyclic) bond motifs is 1. The van der Waals surface area contributed by atoms with Crippen LogP contribution in [-0.4, -0.2) is 19.1 Å². The van der Waals surface area contributed by atoms with E-state index in [0.717, 1.165) is 30.9 Å². The van der Waals surface area contributed by atoms with Gasteiger partial charge in [-0.25, -0.2) is 0 Å². The van der Waals surface area contributed by atoms with Gasteiger partial charge in [-0.1, -0.05) is 28.1 Å². The lowest BCUT2D eigenvalue weighted by Gasteiger charge is -2.27. The topological polar surface area (TPSA) is 38.3 Å².